The summed E-state index contributed by atoms with van der Waals surface area (Å²) in [6.45, 7) is 1.55. The maximum Gasteiger partial charge on any atom is 0.267 e. The molecule has 1 amide bonds. The molecule has 6 nitrogen and oxygen atoms in total. The zero-order valence-corrected chi connectivity index (χ0v) is 14.4. The van der Waals surface area contributed by atoms with Gasteiger partial charge in [0.05, 0.1) is 17.3 Å². The molecule has 2 aromatic carbocycles. The Morgan fingerprint density at radius 1 is 1.19 bits per heavy atom. The van der Waals surface area contributed by atoms with Gasteiger partial charge in [0.2, 0.25) is 5.91 Å². The molecule has 0 spiro atoms. The quantitative estimate of drug-likeness (QED) is 0.772. The Bertz CT molecular complexity index is 1080. The normalized spacial score (nSPS) is 11.4. The molecule has 0 saturated carbocycles. The number of nitrogens with one attached hydrogen (secondary N) is 1. The molecule has 27 heavy (non-hydrogen) atoms. The Kier molecular flexibility index (Phi) is 5.08. The minimum atomic E-state index is -0.886. The predicted molar refractivity (Wildman–Crippen MR) is 98.4 cm³/mol. The molecule has 0 aliphatic rings. The van der Waals surface area contributed by atoms with Crippen LogP contribution in [0.1, 0.15) is 18.5 Å². The molecule has 0 fully saturated rings. The van der Waals surface area contributed by atoms with Gasteiger partial charge in [-0.15, -0.1) is 0 Å². The summed E-state index contributed by atoms with van der Waals surface area (Å²) in [5, 5.41) is 15.8. The van der Waals surface area contributed by atoms with Crippen molar-refractivity contribution in [3.8, 4) is 17.3 Å². The van der Waals surface area contributed by atoms with Gasteiger partial charge in [0.25, 0.3) is 5.56 Å². The highest BCUT2D eigenvalue weighted by molar-refractivity contribution is 5.93. The first-order valence-corrected chi connectivity index (χ1v) is 8.15. The summed E-state index contributed by atoms with van der Waals surface area (Å²) in [4.78, 5) is 24.7. The molecule has 1 unspecified atom stereocenters. The first-order chi connectivity index (χ1) is 13.0. The van der Waals surface area contributed by atoms with Crippen LogP contribution in [0.3, 0.4) is 0 Å². The number of benzene rings is 2. The van der Waals surface area contributed by atoms with Gasteiger partial charge in [-0.3, -0.25) is 9.59 Å². The Labute approximate surface area is 154 Å². The van der Waals surface area contributed by atoms with Crippen LogP contribution in [-0.2, 0) is 4.79 Å². The van der Waals surface area contributed by atoms with E-state index in [1.54, 1.807) is 37.3 Å². The van der Waals surface area contributed by atoms with Crippen molar-refractivity contribution in [1.29, 1.82) is 5.26 Å². The third kappa shape index (κ3) is 4.07. The number of nitriles is 1. The van der Waals surface area contributed by atoms with Crippen LogP contribution in [0.5, 0.6) is 0 Å². The smallest absolute Gasteiger partial charge is 0.267 e. The van der Waals surface area contributed by atoms with Crippen molar-refractivity contribution in [1.82, 2.24) is 9.78 Å². The summed E-state index contributed by atoms with van der Waals surface area (Å²) in [5.74, 6) is -0.824. The van der Waals surface area contributed by atoms with E-state index in [4.69, 9.17) is 5.26 Å². The highest BCUT2D eigenvalue weighted by Gasteiger charge is 2.18. The van der Waals surface area contributed by atoms with Crippen molar-refractivity contribution >= 4 is 11.6 Å². The van der Waals surface area contributed by atoms with E-state index < -0.39 is 17.5 Å². The van der Waals surface area contributed by atoms with E-state index in [0.29, 0.717) is 22.5 Å². The third-order valence-electron chi connectivity index (χ3n) is 3.97. The first kappa shape index (κ1) is 18.0. The summed E-state index contributed by atoms with van der Waals surface area (Å²) in [6, 6.07) is 16.1. The van der Waals surface area contributed by atoms with Crippen molar-refractivity contribution in [2.75, 3.05) is 5.32 Å². The second-order valence-electron chi connectivity index (χ2n) is 5.87. The molecule has 1 N–H and O–H groups in total. The number of hydrogen-bond acceptors (Lipinski definition) is 4. The van der Waals surface area contributed by atoms with Crippen LogP contribution in [0.2, 0.25) is 0 Å². The van der Waals surface area contributed by atoms with Gasteiger partial charge in [0, 0.05) is 17.3 Å². The van der Waals surface area contributed by atoms with Crippen LogP contribution in [0.15, 0.2) is 65.5 Å². The minimum Gasteiger partial charge on any atom is -0.324 e. The number of halogens is 1. The third-order valence-corrected chi connectivity index (χ3v) is 3.97. The summed E-state index contributed by atoms with van der Waals surface area (Å²) in [6.07, 6.45) is 0. The van der Waals surface area contributed by atoms with Crippen molar-refractivity contribution in [3.63, 3.8) is 0 Å². The van der Waals surface area contributed by atoms with E-state index in [-0.39, 0.29) is 5.82 Å². The lowest BCUT2D eigenvalue weighted by atomic mass is 10.1. The van der Waals surface area contributed by atoms with Gasteiger partial charge in [-0.05, 0) is 55.5 Å². The van der Waals surface area contributed by atoms with Gasteiger partial charge >= 0.3 is 0 Å². The molecule has 3 aromatic rings. The fourth-order valence-corrected chi connectivity index (χ4v) is 2.50. The van der Waals surface area contributed by atoms with Gasteiger partial charge < -0.3 is 5.32 Å². The van der Waals surface area contributed by atoms with E-state index in [9.17, 15) is 14.0 Å². The van der Waals surface area contributed by atoms with Gasteiger partial charge in [-0.1, -0.05) is 6.07 Å². The number of anilines is 1. The molecule has 1 atom stereocenters. The average molecular weight is 362 g/mol. The summed E-state index contributed by atoms with van der Waals surface area (Å²) < 4.78 is 14.2. The molecule has 1 aromatic heterocycles. The molecule has 3 rings (SSSR count). The molecular weight excluding hydrogens is 347 g/mol. The van der Waals surface area contributed by atoms with Crippen LogP contribution >= 0.6 is 0 Å². The molecule has 0 aliphatic heterocycles. The lowest BCUT2D eigenvalue weighted by Crippen LogP contribution is -2.33. The Morgan fingerprint density at radius 3 is 2.63 bits per heavy atom. The van der Waals surface area contributed by atoms with Crippen molar-refractivity contribution in [2.24, 2.45) is 0 Å². The number of carbonyl (C=O) groups excluding carboxylic acids is 1. The number of aromatic nitrogens is 2. The van der Waals surface area contributed by atoms with E-state index in [2.05, 4.69) is 10.4 Å². The molecule has 134 valence electrons. The molecule has 1 heterocycles. The van der Waals surface area contributed by atoms with E-state index >= 15 is 0 Å². The number of rotatable bonds is 4. The van der Waals surface area contributed by atoms with Gasteiger partial charge in [0.1, 0.15) is 11.9 Å². The zero-order valence-electron chi connectivity index (χ0n) is 14.4. The van der Waals surface area contributed by atoms with Crippen molar-refractivity contribution in [3.05, 3.63) is 82.4 Å². The SMILES string of the molecule is CC(C(=O)Nc1cccc(C#N)c1)n1nc(-c2ccc(F)cc2)ccc1=O. The zero-order chi connectivity index (χ0) is 19.4. The van der Waals surface area contributed by atoms with Crippen LogP contribution in [0.4, 0.5) is 10.1 Å². The first-order valence-electron chi connectivity index (χ1n) is 8.15. The van der Waals surface area contributed by atoms with Crippen LogP contribution in [-0.4, -0.2) is 15.7 Å². The second-order valence-corrected chi connectivity index (χ2v) is 5.87. The monoisotopic (exact) mass is 362 g/mol. The van der Waals surface area contributed by atoms with E-state index in [1.165, 1.54) is 30.3 Å². The second kappa shape index (κ2) is 7.62. The number of amides is 1. The Morgan fingerprint density at radius 2 is 1.93 bits per heavy atom. The highest BCUT2D eigenvalue weighted by Crippen LogP contribution is 2.17. The molecule has 0 saturated heterocycles. The van der Waals surface area contributed by atoms with Gasteiger partial charge in [-0.2, -0.15) is 10.4 Å². The van der Waals surface area contributed by atoms with Crippen molar-refractivity contribution in [2.45, 2.75) is 13.0 Å². The maximum atomic E-state index is 13.1. The van der Waals surface area contributed by atoms with Crippen molar-refractivity contribution < 1.29 is 9.18 Å². The van der Waals surface area contributed by atoms with Crippen LogP contribution in [0.25, 0.3) is 11.3 Å². The molecular formula is C20H15FN4O2. The number of nitrogens with zero attached hydrogens (tertiary/aromatic N) is 3. The van der Waals surface area contributed by atoms with E-state index in [1.807, 2.05) is 6.07 Å². The van der Waals surface area contributed by atoms with E-state index in [0.717, 1.165) is 4.68 Å². The number of carbonyl (C=O) groups is 1. The topological polar surface area (TPSA) is 87.8 Å². The van der Waals surface area contributed by atoms with Gasteiger partial charge in [0.15, 0.2) is 0 Å². The summed E-state index contributed by atoms with van der Waals surface area (Å²) in [5.41, 5.74) is 1.50. The molecule has 0 bridgehead atoms. The largest absolute Gasteiger partial charge is 0.324 e. The highest BCUT2D eigenvalue weighted by atomic mass is 19.1. The Balaban J connectivity index is 1.87. The van der Waals surface area contributed by atoms with Gasteiger partial charge in [-0.25, -0.2) is 9.07 Å². The average Bonchev–Trinajstić information content (AvgIpc) is 2.68. The fraction of sp³-hybridized carbons (Fsp3) is 0.100. The van der Waals surface area contributed by atoms with Crippen LogP contribution in [0, 0.1) is 17.1 Å². The summed E-state index contributed by atoms with van der Waals surface area (Å²) in [7, 11) is 0. The lowest BCUT2D eigenvalue weighted by Gasteiger charge is -2.15. The summed E-state index contributed by atoms with van der Waals surface area (Å²) >= 11 is 0. The molecule has 0 aliphatic carbocycles. The maximum absolute atomic E-state index is 13.1. The minimum absolute atomic E-state index is 0.376. The Hall–Kier alpha value is -3.79. The predicted octanol–water partition coefficient (Wildman–Crippen LogP) is 3.12. The van der Waals surface area contributed by atoms with Crippen LogP contribution < -0.4 is 10.9 Å². The standard InChI is InChI=1S/C20H15FN4O2/c1-13(20(27)23-17-4-2-3-14(11-17)12-22)25-19(26)10-9-18(24-25)15-5-7-16(21)8-6-15/h2-11,13H,1H3,(H,23,27). The molecule has 0 radical (unpaired) electrons. The fourth-order valence-electron chi connectivity index (χ4n) is 2.50. The number of hydrogen-bond donors (Lipinski definition) is 1. The lowest BCUT2D eigenvalue weighted by molar-refractivity contribution is -0.119. The molecule has 7 heteroatoms.